The first kappa shape index (κ1) is 15.9. The summed E-state index contributed by atoms with van der Waals surface area (Å²) in [6, 6.07) is 9.93. The molecule has 0 saturated heterocycles. The number of allylic oxidation sites excluding steroid dienone is 1. The number of rotatable bonds is 3. The molecule has 112 valence electrons. The van der Waals surface area contributed by atoms with Crippen LogP contribution in [0.1, 0.15) is 26.3 Å². The molecule has 1 aliphatic carbocycles. The van der Waals surface area contributed by atoms with E-state index >= 15 is 0 Å². The fourth-order valence-corrected chi connectivity index (χ4v) is 3.19. The van der Waals surface area contributed by atoms with Gasteiger partial charge in [-0.25, -0.2) is 0 Å². The molecule has 0 amide bonds. The van der Waals surface area contributed by atoms with Gasteiger partial charge in [0.15, 0.2) is 14.1 Å². The molecule has 0 aromatic heterocycles. The molecule has 0 bridgehead atoms. The number of benzene rings is 1. The van der Waals surface area contributed by atoms with Gasteiger partial charge in [0.2, 0.25) is 0 Å². The summed E-state index contributed by atoms with van der Waals surface area (Å²) in [6.45, 7) is 11.1. The summed E-state index contributed by atoms with van der Waals surface area (Å²) in [5.74, 6) is 0.0579. The van der Waals surface area contributed by atoms with E-state index in [2.05, 4.69) is 33.9 Å². The Hall–Kier alpha value is -1.45. The van der Waals surface area contributed by atoms with E-state index in [0.717, 1.165) is 11.1 Å². The largest absolute Gasteiger partial charge is 0.406 e. The van der Waals surface area contributed by atoms with Gasteiger partial charge >= 0.3 is 0 Å². The van der Waals surface area contributed by atoms with Crippen LogP contribution >= 0.6 is 0 Å². The van der Waals surface area contributed by atoms with E-state index < -0.39 is 8.32 Å². The van der Waals surface area contributed by atoms with E-state index in [9.17, 15) is 4.79 Å². The van der Waals surface area contributed by atoms with Gasteiger partial charge in [-0.05, 0) is 41.9 Å². The third kappa shape index (κ3) is 3.60. The van der Waals surface area contributed by atoms with Crippen molar-refractivity contribution in [3.63, 3.8) is 0 Å². The molecule has 0 fully saturated rings. The lowest BCUT2D eigenvalue weighted by molar-refractivity contribution is -0.111. The first-order valence-electron chi connectivity index (χ1n) is 7.38. The molecule has 0 saturated carbocycles. The van der Waals surface area contributed by atoms with E-state index in [1.54, 1.807) is 6.08 Å². The van der Waals surface area contributed by atoms with Crippen LogP contribution in [0.5, 0.6) is 0 Å². The standard InChI is InChI=1S/C18H24O2Si/c1-18(2,3)21(4,5)20-17-12-11-16(19)15(17)13-14-9-7-6-8-10-14/h6-13,17H,1-5H3/b15-13-. The van der Waals surface area contributed by atoms with Crippen LogP contribution in [0, 0.1) is 0 Å². The maximum atomic E-state index is 12.1. The Kier molecular flexibility index (Phi) is 4.35. The Bertz CT molecular complexity index is 577. The van der Waals surface area contributed by atoms with E-state index in [1.807, 2.05) is 42.5 Å². The van der Waals surface area contributed by atoms with Crippen LogP contribution in [-0.2, 0) is 9.22 Å². The molecule has 1 aliphatic rings. The zero-order chi connectivity index (χ0) is 15.7. The zero-order valence-corrected chi connectivity index (χ0v) is 14.5. The topological polar surface area (TPSA) is 26.3 Å². The predicted octanol–water partition coefficient (Wildman–Crippen LogP) is 4.60. The van der Waals surface area contributed by atoms with Crippen molar-refractivity contribution in [2.75, 3.05) is 0 Å². The molecule has 1 unspecified atom stereocenters. The molecule has 0 N–H and O–H groups in total. The third-order valence-electron chi connectivity index (χ3n) is 4.36. The number of hydrogen-bond donors (Lipinski definition) is 0. The summed E-state index contributed by atoms with van der Waals surface area (Å²) >= 11 is 0. The maximum absolute atomic E-state index is 12.1. The van der Waals surface area contributed by atoms with Gasteiger partial charge in [-0.2, -0.15) is 0 Å². The monoisotopic (exact) mass is 300 g/mol. The minimum absolute atomic E-state index is 0.0579. The molecule has 0 aliphatic heterocycles. The number of ketones is 1. The van der Waals surface area contributed by atoms with Crippen molar-refractivity contribution in [2.45, 2.75) is 45.0 Å². The predicted molar refractivity (Wildman–Crippen MR) is 90.6 cm³/mol. The molecule has 1 atom stereocenters. The molecule has 1 aromatic carbocycles. The first-order chi connectivity index (χ1) is 9.71. The van der Waals surface area contributed by atoms with Crippen molar-refractivity contribution < 1.29 is 9.22 Å². The Balaban J connectivity index is 2.26. The van der Waals surface area contributed by atoms with Crippen LogP contribution < -0.4 is 0 Å². The van der Waals surface area contributed by atoms with Crippen molar-refractivity contribution in [3.05, 3.63) is 53.6 Å². The third-order valence-corrected chi connectivity index (χ3v) is 8.82. The highest BCUT2D eigenvalue weighted by Crippen LogP contribution is 2.39. The lowest BCUT2D eigenvalue weighted by Crippen LogP contribution is -2.43. The number of carbonyl (C=O) groups is 1. The van der Waals surface area contributed by atoms with Gasteiger partial charge in [-0.1, -0.05) is 51.1 Å². The first-order valence-corrected chi connectivity index (χ1v) is 10.3. The Morgan fingerprint density at radius 3 is 2.33 bits per heavy atom. The summed E-state index contributed by atoms with van der Waals surface area (Å²) < 4.78 is 6.38. The van der Waals surface area contributed by atoms with Crippen LogP contribution in [0.3, 0.4) is 0 Å². The molecule has 3 heteroatoms. The van der Waals surface area contributed by atoms with Gasteiger partial charge in [-0.15, -0.1) is 0 Å². The van der Waals surface area contributed by atoms with Gasteiger partial charge in [-0.3, -0.25) is 4.79 Å². The summed E-state index contributed by atoms with van der Waals surface area (Å²) in [5.41, 5.74) is 1.78. The highest BCUT2D eigenvalue weighted by atomic mass is 28.4. The molecule has 1 aromatic rings. The number of carbonyl (C=O) groups excluding carboxylic acids is 1. The van der Waals surface area contributed by atoms with Gasteiger partial charge in [0, 0.05) is 5.57 Å². The van der Waals surface area contributed by atoms with Gasteiger partial charge in [0.05, 0.1) is 6.10 Å². The molecule has 0 spiro atoms. The van der Waals surface area contributed by atoms with Crippen molar-refractivity contribution in [2.24, 2.45) is 0 Å². The lowest BCUT2D eigenvalue weighted by atomic mass is 10.1. The van der Waals surface area contributed by atoms with Crippen LogP contribution in [0.4, 0.5) is 0 Å². The average Bonchev–Trinajstić information content (AvgIpc) is 2.71. The van der Waals surface area contributed by atoms with Crippen molar-refractivity contribution >= 4 is 20.2 Å². The summed E-state index contributed by atoms with van der Waals surface area (Å²) in [4.78, 5) is 12.1. The lowest BCUT2D eigenvalue weighted by Gasteiger charge is -2.38. The molecule has 0 radical (unpaired) electrons. The second-order valence-corrected chi connectivity index (χ2v) is 11.8. The van der Waals surface area contributed by atoms with Crippen LogP contribution in [0.2, 0.25) is 18.1 Å². The highest BCUT2D eigenvalue weighted by Gasteiger charge is 2.40. The zero-order valence-electron chi connectivity index (χ0n) is 13.5. The highest BCUT2D eigenvalue weighted by molar-refractivity contribution is 6.74. The SMILES string of the molecule is CC(C)(C)[Si](C)(C)OC1C=CC(=O)/C1=C/c1ccccc1. The van der Waals surface area contributed by atoms with Crippen molar-refractivity contribution in [1.82, 2.24) is 0 Å². The van der Waals surface area contributed by atoms with Gasteiger partial charge in [0.25, 0.3) is 0 Å². The second-order valence-electron chi connectivity index (χ2n) is 7.03. The van der Waals surface area contributed by atoms with Crippen molar-refractivity contribution in [1.29, 1.82) is 0 Å². The van der Waals surface area contributed by atoms with E-state index in [0.29, 0.717) is 0 Å². The molecule has 2 rings (SSSR count). The molecule has 0 heterocycles. The summed E-state index contributed by atoms with van der Waals surface area (Å²) in [7, 11) is -1.90. The fraction of sp³-hybridized carbons (Fsp3) is 0.389. The second kappa shape index (κ2) is 5.74. The Morgan fingerprint density at radius 1 is 1.14 bits per heavy atom. The number of hydrogen-bond acceptors (Lipinski definition) is 2. The normalized spacial score (nSPS) is 21.3. The molecule has 21 heavy (non-hydrogen) atoms. The van der Waals surface area contributed by atoms with E-state index in [-0.39, 0.29) is 16.9 Å². The minimum Gasteiger partial charge on any atom is -0.406 e. The van der Waals surface area contributed by atoms with E-state index in [1.165, 1.54) is 0 Å². The molecular weight excluding hydrogens is 276 g/mol. The average molecular weight is 300 g/mol. The fourth-order valence-electron chi connectivity index (χ4n) is 1.99. The Labute approximate surface area is 128 Å². The van der Waals surface area contributed by atoms with Crippen LogP contribution in [0.15, 0.2) is 48.1 Å². The van der Waals surface area contributed by atoms with Gasteiger partial charge < -0.3 is 4.43 Å². The van der Waals surface area contributed by atoms with Crippen LogP contribution in [-0.4, -0.2) is 20.2 Å². The molecule has 2 nitrogen and oxygen atoms in total. The summed E-state index contributed by atoms with van der Waals surface area (Å²) in [6.07, 6.45) is 5.25. The van der Waals surface area contributed by atoms with Crippen LogP contribution in [0.25, 0.3) is 6.08 Å². The quantitative estimate of drug-likeness (QED) is 0.602. The minimum atomic E-state index is -1.90. The maximum Gasteiger partial charge on any atom is 0.193 e. The van der Waals surface area contributed by atoms with Crippen molar-refractivity contribution in [3.8, 4) is 0 Å². The van der Waals surface area contributed by atoms with Gasteiger partial charge in [0.1, 0.15) is 0 Å². The Morgan fingerprint density at radius 2 is 1.76 bits per heavy atom. The summed E-state index contributed by atoms with van der Waals surface area (Å²) in [5, 5.41) is 0.129. The molecular formula is C18H24O2Si. The van der Waals surface area contributed by atoms with E-state index in [4.69, 9.17) is 4.43 Å². The smallest absolute Gasteiger partial charge is 0.193 e.